The zero-order valence-corrected chi connectivity index (χ0v) is 12.3. The summed E-state index contributed by atoms with van der Waals surface area (Å²) in [6.45, 7) is 6.18. The first-order valence-electron chi connectivity index (χ1n) is 6.54. The first-order chi connectivity index (χ1) is 9.02. The van der Waals surface area contributed by atoms with Crippen LogP contribution in [0.15, 0.2) is 5.38 Å². The van der Waals surface area contributed by atoms with Crippen LogP contribution in [0.3, 0.4) is 0 Å². The van der Waals surface area contributed by atoms with Gasteiger partial charge in [0.25, 0.3) is 0 Å². The van der Waals surface area contributed by atoms with Crippen molar-refractivity contribution in [3.05, 3.63) is 16.1 Å². The molecule has 2 rings (SSSR count). The molecule has 1 saturated heterocycles. The lowest BCUT2D eigenvalue weighted by atomic mass is 10.1. The lowest BCUT2D eigenvalue weighted by Gasteiger charge is -2.37. The molecule has 5 nitrogen and oxygen atoms in total. The van der Waals surface area contributed by atoms with Crippen molar-refractivity contribution >= 4 is 23.2 Å². The normalized spacial score (nSPS) is 23.6. The molecule has 1 aromatic heterocycles. The van der Waals surface area contributed by atoms with Gasteiger partial charge in [0.2, 0.25) is 11.8 Å². The van der Waals surface area contributed by atoms with Crippen molar-refractivity contribution in [2.75, 3.05) is 6.54 Å². The van der Waals surface area contributed by atoms with Gasteiger partial charge in [-0.05, 0) is 20.3 Å². The summed E-state index contributed by atoms with van der Waals surface area (Å²) >= 11 is 1.60. The molecule has 1 aliphatic rings. The molecule has 2 amide bonds. The molecule has 0 aromatic carbocycles. The Kier molecular flexibility index (Phi) is 4.19. The minimum atomic E-state index is -0.393. The van der Waals surface area contributed by atoms with Gasteiger partial charge in [0, 0.05) is 18.3 Å². The van der Waals surface area contributed by atoms with Crippen LogP contribution in [0.5, 0.6) is 0 Å². The third kappa shape index (κ3) is 2.94. The quantitative estimate of drug-likeness (QED) is 0.899. The van der Waals surface area contributed by atoms with Gasteiger partial charge in [-0.1, -0.05) is 6.92 Å². The second-order valence-corrected chi connectivity index (χ2v) is 5.85. The minimum absolute atomic E-state index is 0.0153. The molecule has 1 fully saturated rings. The Morgan fingerprint density at radius 2 is 2.21 bits per heavy atom. The molecular formula is C13H19N3O2S. The van der Waals surface area contributed by atoms with E-state index in [9.17, 15) is 9.59 Å². The largest absolute Gasteiger partial charge is 0.343 e. The maximum atomic E-state index is 12.2. The SMILES string of the molecule is CCC1NC(=O)C(C)N(CCc2csc(C)n2)C1=O. The Balaban J connectivity index is 2.03. The Bertz CT molecular complexity index is 486. The van der Waals surface area contributed by atoms with E-state index in [0.717, 1.165) is 10.7 Å². The van der Waals surface area contributed by atoms with Crippen molar-refractivity contribution in [3.8, 4) is 0 Å². The van der Waals surface area contributed by atoms with E-state index in [0.29, 0.717) is 19.4 Å². The van der Waals surface area contributed by atoms with Crippen LogP contribution in [0.2, 0.25) is 0 Å². The molecule has 1 aromatic rings. The van der Waals surface area contributed by atoms with Crippen molar-refractivity contribution in [2.24, 2.45) is 0 Å². The van der Waals surface area contributed by atoms with Gasteiger partial charge in [-0.25, -0.2) is 4.98 Å². The average molecular weight is 281 g/mol. The summed E-state index contributed by atoms with van der Waals surface area (Å²) in [4.78, 5) is 30.1. The molecule has 2 atom stereocenters. The number of carbonyl (C=O) groups is 2. The highest BCUT2D eigenvalue weighted by molar-refractivity contribution is 7.09. The number of piperazine rings is 1. The molecule has 0 bridgehead atoms. The summed E-state index contributed by atoms with van der Waals surface area (Å²) in [5.41, 5.74) is 0.988. The third-order valence-corrected chi connectivity index (χ3v) is 4.25. The molecule has 0 aliphatic carbocycles. The molecule has 2 heterocycles. The molecule has 0 radical (unpaired) electrons. The van der Waals surface area contributed by atoms with Crippen LogP contribution < -0.4 is 5.32 Å². The monoisotopic (exact) mass is 281 g/mol. The van der Waals surface area contributed by atoms with Gasteiger partial charge in [0.1, 0.15) is 12.1 Å². The van der Waals surface area contributed by atoms with Crippen molar-refractivity contribution in [3.63, 3.8) is 0 Å². The number of rotatable bonds is 4. The highest BCUT2D eigenvalue weighted by Crippen LogP contribution is 2.14. The summed E-state index contributed by atoms with van der Waals surface area (Å²) in [7, 11) is 0. The number of carbonyl (C=O) groups excluding carboxylic acids is 2. The van der Waals surface area contributed by atoms with E-state index in [4.69, 9.17) is 0 Å². The smallest absolute Gasteiger partial charge is 0.245 e. The highest BCUT2D eigenvalue weighted by Gasteiger charge is 2.36. The number of aromatic nitrogens is 1. The van der Waals surface area contributed by atoms with Gasteiger partial charge in [-0.3, -0.25) is 9.59 Å². The first kappa shape index (κ1) is 14.0. The number of amides is 2. The molecule has 104 valence electrons. The van der Waals surface area contributed by atoms with Crippen LogP contribution in [-0.2, 0) is 16.0 Å². The third-order valence-electron chi connectivity index (χ3n) is 3.43. The molecule has 1 N–H and O–H groups in total. The molecule has 6 heteroatoms. The number of nitrogens with zero attached hydrogens (tertiary/aromatic N) is 2. The van der Waals surface area contributed by atoms with Gasteiger partial charge in [0.15, 0.2) is 0 Å². The summed E-state index contributed by atoms with van der Waals surface area (Å²) in [5, 5.41) is 5.79. The van der Waals surface area contributed by atoms with E-state index in [1.165, 1.54) is 0 Å². The Hall–Kier alpha value is -1.43. The lowest BCUT2D eigenvalue weighted by Crippen LogP contribution is -2.62. The Morgan fingerprint density at radius 3 is 2.79 bits per heavy atom. The lowest BCUT2D eigenvalue weighted by molar-refractivity contribution is -0.148. The van der Waals surface area contributed by atoms with Crippen molar-refractivity contribution in [2.45, 2.75) is 45.7 Å². The Labute approximate surface area is 117 Å². The summed E-state index contributed by atoms with van der Waals surface area (Å²) in [5.74, 6) is -0.0533. The Morgan fingerprint density at radius 1 is 1.47 bits per heavy atom. The van der Waals surface area contributed by atoms with Crippen LogP contribution in [0, 0.1) is 6.92 Å². The standard InChI is InChI=1S/C13H19N3O2S/c1-4-11-13(18)16(8(2)12(17)15-11)6-5-10-7-19-9(3)14-10/h7-8,11H,4-6H2,1-3H3,(H,15,17). The molecule has 2 unspecified atom stereocenters. The fourth-order valence-corrected chi connectivity index (χ4v) is 2.87. The van der Waals surface area contributed by atoms with Crippen LogP contribution in [0.1, 0.15) is 31.0 Å². The van der Waals surface area contributed by atoms with E-state index in [1.807, 2.05) is 19.2 Å². The van der Waals surface area contributed by atoms with Crippen molar-refractivity contribution in [1.82, 2.24) is 15.2 Å². The van der Waals surface area contributed by atoms with Gasteiger partial charge in [-0.2, -0.15) is 0 Å². The molecule has 19 heavy (non-hydrogen) atoms. The first-order valence-corrected chi connectivity index (χ1v) is 7.42. The second kappa shape index (κ2) is 5.69. The molecule has 1 aliphatic heterocycles. The number of hydrogen-bond acceptors (Lipinski definition) is 4. The van der Waals surface area contributed by atoms with Crippen LogP contribution in [0.4, 0.5) is 0 Å². The predicted molar refractivity (Wildman–Crippen MR) is 74.0 cm³/mol. The van der Waals surface area contributed by atoms with E-state index in [-0.39, 0.29) is 17.9 Å². The summed E-state index contributed by atoms with van der Waals surface area (Å²) in [6, 6.07) is -0.768. The molecular weight excluding hydrogens is 262 g/mol. The predicted octanol–water partition coefficient (Wildman–Crippen LogP) is 1.12. The van der Waals surface area contributed by atoms with Gasteiger partial charge in [-0.15, -0.1) is 11.3 Å². The fourth-order valence-electron chi connectivity index (χ4n) is 2.23. The van der Waals surface area contributed by atoms with Crippen molar-refractivity contribution in [1.29, 1.82) is 0 Å². The second-order valence-electron chi connectivity index (χ2n) is 4.78. The number of aryl methyl sites for hydroxylation is 1. The minimum Gasteiger partial charge on any atom is -0.343 e. The van der Waals surface area contributed by atoms with Gasteiger partial charge in [0.05, 0.1) is 10.7 Å². The average Bonchev–Trinajstić information content (AvgIpc) is 2.79. The fraction of sp³-hybridized carbons (Fsp3) is 0.615. The van der Waals surface area contributed by atoms with E-state index in [2.05, 4.69) is 10.3 Å². The van der Waals surface area contributed by atoms with Crippen LogP contribution >= 0.6 is 11.3 Å². The maximum Gasteiger partial charge on any atom is 0.245 e. The summed E-state index contributed by atoms with van der Waals surface area (Å²) < 4.78 is 0. The van der Waals surface area contributed by atoms with E-state index < -0.39 is 6.04 Å². The zero-order chi connectivity index (χ0) is 14.0. The van der Waals surface area contributed by atoms with E-state index >= 15 is 0 Å². The molecule has 0 saturated carbocycles. The molecule has 0 spiro atoms. The van der Waals surface area contributed by atoms with Crippen LogP contribution in [-0.4, -0.2) is 40.3 Å². The highest BCUT2D eigenvalue weighted by atomic mass is 32.1. The van der Waals surface area contributed by atoms with Crippen LogP contribution in [0.25, 0.3) is 0 Å². The van der Waals surface area contributed by atoms with Gasteiger partial charge >= 0.3 is 0 Å². The van der Waals surface area contributed by atoms with E-state index in [1.54, 1.807) is 23.2 Å². The number of nitrogens with one attached hydrogen (secondary N) is 1. The maximum absolute atomic E-state index is 12.2. The van der Waals surface area contributed by atoms with Gasteiger partial charge < -0.3 is 10.2 Å². The number of thiazole rings is 1. The van der Waals surface area contributed by atoms with Crippen molar-refractivity contribution < 1.29 is 9.59 Å². The zero-order valence-electron chi connectivity index (χ0n) is 11.5. The number of hydrogen-bond donors (Lipinski definition) is 1. The summed E-state index contributed by atoms with van der Waals surface area (Å²) in [6.07, 6.45) is 1.33. The topological polar surface area (TPSA) is 62.3 Å².